The molecule has 1 rings (SSSR count). The van der Waals surface area contributed by atoms with Crippen molar-refractivity contribution in [3.05, 3.63) is 17.5 Å². The van der Waals surface area contributed by atoms with E-state index in [2.05, 4.69) is 27.5 Å². The normalized spacial score (nSPS) is 11.2. The fourth-order valence-electron chi connectivity index (χ4n) is 1.74. The van der Waals surface area contributed by atoms with Gasteiger partial charge in [0.15, 0.2) is 0 Å². The lowest BCUT2D eigenvalue weighted by Gasteiger charge is -2.20. The predicted molar refractivity (Wildman–Crippen MR) is 82.0 cm³/mol. The lowest BCUT2D eigenvalue weighted by molar-refractivity contribution is 0.0914. The highest BCUT2D eigenvalue weighted by atomic mass is 16.2. The Morgan fingerprint density at radius 2 is 1.95 bits per heavy atom. The first-order chi connectivity index (χ1) is 9.31. The third-order valence-electron chi connectivity index (χ3n) is 2.64. The third kappa shape index (κ3) is 5.99. The average Bonchev–Trinajstić information content (AvgIpc) is 2.32. The molecule has 1 amide bonds. The van der Waals surface area contributed by atoms with Crippen LogP contribution in [-0.2, 0) is 0 Å². The van der Waals surface area contributed by atoms with Crippen LogP contribution >= 0.6 is 0 Å². The van der Waals surface area contributed by atoms with E-state index in [1.807, 2.05) is 27.7 Å². The smallest absolute Gasteiger partial charge is 0.270 e. The summed E-state index contributed by atoms with van der Waals surface area (Å²) in [6.45, 7) is 10.7. The lowest BCUT2D eigenvalue weighted by atomic mass is 10.1. The molecule has 0 aliphatic heterocycles. The van der Waals surface area contributed by atoms with Gasteiger partial charge in [-0.1, -0.05) is 19.8 Å². The second-order valence-electron chi connectivity index (χ2n) is 6.06. The first-order valence-corrected chi connectivity index (χ1v) is 7.24. The van der Waals surface area contributed by atoms with E-state index in [1.165, 1.54) is 12.8 Å². The van der Waals surface area contributed by atoms with E-state index in [0.29, 0.717) is 11.6 Å². The summed E-state index contributed by atoms with van der Waals surface area (Å²) in [5, 5.41) is 6.09. The fourth-order valence-corrected chi connectivity index (χ4v) is 1.74. The van der Waals surface area contributed by atoms with E-state index >= 15 is 0 Å². The molecule has 5 heteroatoms. The van der Waals surface area contributed by atoms with Crippen molar-refractivity contribution in [2.75, 3.05) is 11.9 Å². The number of carbonyl (C=O) groups excluding carboxylic acids is 1. The molecule has 0 unspecified atom stereocenters. The van der Waals surface area contributed by atoms with Crippen molar-refractivity contribution < 1.29 is 4.79 Å². The van der Waals surface area contributed by atoms with Gasteiger partial charge in [-0.3, -0.25) is 4.79 Å². The van der Waals surface area contributed by atoms with Gasteiger partial charge < -0.3 is 10.6 Å². The number of unbranched alkanes of at least 4 members (excludes halogenated alkanes) is 2. The molecule has 112 valence electrons. The zero-order valence-corrected chi connectivity index (χ0v) is 13.2. The third-order valence-corrected chi connectivity index (χ3v) is 2.64. The zero-order valence-electron chi connectivity index (χ0n) is 13.2. The molecule has 0 radical (unpaired) electrons. The van der Waals surface area contributed by atoms with Crippen LogP contribution in [-0.4, -0.2) is 28.0 Å². The molecule has 5 nitrogen and oxygen atoms in total. The Morgan fingerprint density at radius 1 is 1.25 bits per heavy atom. The van der Waals surface area contributed by atoms with E-state index in [0.717, 1.165) is 18.7 Å². The molecule has 0 bridgehead atoms. The molecule has 1 aromatic rings. The SMILES string of the molecule is CCCCCNc1nc(C)cc(C(=O)NC(C)(C)C)n1. The van der Waals surface area contributed by atoms with E-state index in [4.69, 9.17) is 0 Å². The van der Waals surface area contributed by atoms with Gasteiger partial charge in [0.05, 0.1) is 0 Å². The van der Waals surface area contributed by atoms with E-state index < -0.39 is 0 Å². The number of anilines is 1. The van der Waals surface area contributed by atoms with Crippen LogP contribution in [0.5, 0.6) is 0 Å². The lowest BCUT2D eigenvalue weighted by Crippen LogP contribution is -2.41. The quantitative estimate of drug-likeness (QED) is 0.785. The predicted octanol–water partition coefficient (Wildman–Crippen LogP) is 2.92. The minimum atomic E-state index is -0.273. The van der Waals surface area contributed by atoms with Crippen LogP contribution < -0.4 is 10.6 Å². The van der Waals surface area contributed by atoms with Gasteiger partial charge in [-0.2, -0.15) is 0 Å². The Balaban J connectivity index is 2.73. The van der Waals surface area contributed by atoms with Gasteiger partial charge >= 0.3 is 0 Å². The molecule has 0 fully saturated rings. The number of carbonyl (C=O) groups is 1. The molecule has 0 spiro atoms. The second-order valence-corrected chi connectivity index (χ2v) is 6.06. The number of amides is 1. The summed E-state index contributed by atoms with van der Waals surface area (Å²) in [5.41, 5.74) is 0.924. The Bertz CT molecular complexity index is 452. The first-order valence-electron chi connectivity index (χ1n) is 7.24. The van der Waals surface area contributed by atoms with Gasteiger partial charge in [0.25, 0.3) is 5.91 Å². The summed E-state index contributed by atoms with van der Waals surface area (Å²) < 4.78 is 0. The molecular weight excluding hydrogens is 252 g/mol. The Hall–Kier alpha value is -1.65. The van der Waals surface area contributed by atoms with Crippen molar-refractivity contribution >= 4 is 11.9 Å². The number of rotatable bonds is 6. The van der Waals surface area contributed by atoms with Crippen molar-refractivity contribution in [3.63, 3.8) is 0 Å². The molecule has 0 aliphatic rings. The Morgan fingerprint density at radius 3 is 2.55 bits per heavy atom. The van der Waals surface area contributed by atoms with Gasteiger partial charge in [-0.15, -0.1) is 0 Å². The highest BCUT2D eigenvalue weighted by Crippen LogP contribution is 2.08. The maximum atomic E-state index is 12.1. The summed E-state index contributed by atoms with van der Waals surface area (Å²) in [4.78, 5) is 20.7. The highest BCUT2D eigenvalue weighted by Gasteiger charge is 2.17. The number of aromatic nitrogens is 2. The maximum Gasteiger partial charge on any atom is 0.270 e. The van der Waals surface area contributed by atoms with E-state index in [9.17, 15) is 4.79 Å². The number of aryl methyl sites for hydroxylation is 1. The first kappa shape index (κ1) is 16.4. The van der Waals surface area contributed by atoms with Crippen molar-refractivity contribution in [1.29, 1.82) is 0 Å². The average molecular weight is 278 g/mol. The van der Waals surface area contributed by atoms with Gasteiger partial charge in [0.1, 0.15) is 5.69 Å². The molecule has 20 heavy (non-hydrogen) atoms. The van der Waals surface area contributed by atoms with Crippen LogP contribution in [0.15, 0.2) is 6.07 Å². The molecule has 0 aliphatic carbocycles. The van der Waals surface area contributed by atoms with Crippen molar-refractivity contribution in [3.8, 4) is 0 Å². The number of nitrogens with zero attached hydrogens (tertiary/aromatic N) is 2. The molecule has 0 saturated heterocycles. The van der Waals surface area contributed by atoms with E-state index in [1.54, 1.807) is 6.07 Å². The van der Waals surface area contributed by atoms with Gasteiger partial charge in [-0.25, -0.2) is 9.97 Å². The molecule has 0 aromatic carbocycles. The molecule has 0 saturated carbocycles. The Labute approximate surface area is 121 Å². The summed E-state index contributed by atoms with van der Waals surface area (Å²) in [6, 6.07) is 1.71. The molecular formula is C15H26N4O. The van der Waals surface area contributed by atoms with Crippen LogP contribution in [0.25, 0.3) is 0 Å². The van der Waals surface area contributed by atoms with Crippen LogP contribution in [0.2, 0.25) is 0 Å². The number of nitrogens with one attached hydrogen (secondary N) is 2. The largest absolute Gasteiger partial charge is 0.354 e. The highest BCUT2D eigenvalue weighted by molar-refractivity contribution is 5.93. The summed E-state index contributed by atoms with van der Waals surface area (Å²) in [7, 11) is 0. The van der Waals surface area contributed by atoms with Crippen LogP contribution in [0.3, 0.4) is 0 Å². The fraction of sp³-hybridized carbons (Fsp3) is 0.667. The standard InChI is InChI=1S/C15H26N4O/c1-6-7-8-9-16-14-17-11(2)10-12(18-14)13(20)19-15(3,4)5/h10H,6-9H2,1-5H3,(H,19,20)(H,16,17,18). The van der Waals surface area contributed by atoms with Gasteiger partial charge in [0.2, 0.25) is 5.95 Å². The van der Waals surface area contributed by atoms with Crippen LogP contribution in [0.1, 0.15) is 63.1 Å². The summed E-state index contributed by atoms with van der Waals surface area (Å²) >= 11 is 0. The maximum absolute atomic E-state index is 12.1. The van der Waals surface area contributed by atoms with Crippen LogP contribution in [0.4, 0.5) is 5.95 Å². The molecule has 1 heterocycles. The van der Waals surface area contributed by atoms with Crippen molar-refractivity contribution in [2.24, 2.45) is 0 Å². The summed E-state index contributed by atoms with van der Waals surface area (Å²) in [6.07, 6.45) is 3.43. The number of hydrogen-bond acceptors (Lipinski definition) is 4. The van der Waals surface area contributed by atoms with Gasteiger partial charge in [0, 0.05) is 17.8 Å². The minimum Gasteiger partial charge on any atom is -0.354 e. The van der Waals surface area contributed by atoms with E-state index in [-0.39, 0.29) is 11.4 Å². The Kier molecular flexibility index (Phi) is 5.92. The zero-order chi connectivity index (χ0) is 15.2. The topological polar surface area (TPSA) is 66.9 Å². The van der Waals surface area contributed by atoms with Crippen molar-refractivity contribution in [2.45, 2.75) is 59.4 Å². The number of hydrogen-bond donors (Lipinski definition) is 2. The molecule has 1 aromatic heterocycles. The van der Waals surface area contributed by atoms with Gasteiger partial charge in [-0.05, 0) is 40.2 Å². The molecule has 0 atom stereocenters. The minimum absolute atomic E-state index is 0.167. The van der Waals surface area contributed by atoms with Crippen LogP contribution in [0, 0.1) is 6.92 Å². The van der Waals surface area contributed by atoms with Crippen molar-refractivity contribution in [1.82, 2.24) is 15.3 Å². The second kappa shape index (κ2) is 7.22. The summed E-state index contributed by atoms with van der Waals surface area (Å²) in [5.74, 6) is 0.361. The molecule has 2 N–H and O–H groups in total. The monoisotopic (exact) mass is 278 g/mol.